The first-order valence-electron chi connectivity index (χ1n) is 10.1. The quantitative estimate of drug-likeness (QED) is 0.603. The lowest BCUT2D eigenvalue weighted by Gasteiger charge is -2.12. The molecule has 1 aliphatic rings. The van der Waals surface area contributed by atoms with Crippen LogP contribution in [-0.4, -0.2) is 30.9 Å². The van der Waals surface area contributed by atoms with Crippen LogP contribution < -0.4 is 9.47 Å². The smallest absolute Gasteiger partial charge is 0.333 e. The Morgan fingerprint density at radius 2 is 1.74 bits per heavy atom. The second-order valence-corrected chi connectivity index (χ2v) is 7.28. The predicted molar refractivity (Wildman–Crippen MR) is 118 cm³/mol. The van der Waals surface area contributed by atoms with Gasteiger partial charge in [0.15, 0.2) is 6.10 Å². The second-order valence-electron chi connectivity index (χ2n) is 7.28. The van der Waals surface area contributed by atoms with E-state index in [1.165, 1.54) is 7.11 Å². The number of aliphatic carboxylic acids is 1. The van der Waals surface area contributed by atoms with Crippen molar-refractivity contribution in [2.45, 2.75) is 19.1 Å². The Morgan fingerprint density at radius 1 is 1.03 bits per heavy atom. The van der Waals surface area contributed by atoms with Gasteiger partial charge in [-0.2, -0.15) is 0 Å². The fourth-order valence-corrected chi connectivity index (χ4v) is 3.67. The molecule has 1 atom stereocenters. The number of carboxylic acids is 1. The molecular formula is C26H24O5. The largest absolute Gasteiger partial charge is 0.490 e. The molecule has 0 aromatic heterocycles. The summed E-state index contributed by atoms with van der Waals surface area (Å²) in [4.78, 5) is 11.1. The predicted octanol–water partition coefficient (Wildman–Crippen LogP) is 4.73. The highest BCUT2D eigenvalue weighted by Gasteiger charge is 2.18. The molecule has 0 radical (unpaired) electrons. The molecule has 1 heterocycles. The third kappa shape index (κ3) is 4.78. The Balaban J connectivity index is 1.51. The van der Waals surface area contributed by atoms with Crippen molar-refractivity contribution in [3.05, 3.63) is 101 Å². The highest BCUT2D eigenvalue weighted by molar-refractivity contribution is 5.85. The van der Waals surface area contributed by atoms with E-state index in [2.05, 4.69) is 24.3 Å². The van der Waals surface area contributed by atoms with E-state index in [-0.39, 0.29) is 0 Å². The average molecular weight is 416 g/mol. The van der Waals surface area contributed by atoms with Crippen molar-refractivity contribution >= 4 is 11.5 Å². The molecule has 0 amide bonds. The third-order valence-electron chi connectivity index (χ3n) is 5.31. The van der Waals surface area contributed by atoms with Gasteiger partial charge < -0.3 is 19.3 Å². The summed E-state index contributed by atoms with van der Waals surface area (Å²) in [5, 5.41) is 9.12. The normalized spacial score (nSPS) is 14.7. The zero-order chi connectivity index (χ0) is 21.6. The van der Waals surface area contributed by atoms with E-state index >= 15 is 0 Å². The van der Waals surface area contributed by atoms with Crippen molar-refractivity contribution in [1.29, 1.82) is 0 Å². The van der Waals surface area contributed by atoms with Gasteiger partial charge in [-0.15, -0.1) is 0 Å². The van der Waals surface area contributed by atoms with Crippen molar-refractivity contribution in [2.24, 2.45) is 0 Å². The molecular weight excluding hydrogens is 392 g/mol. The minimum Gasteiger partial charge on any atom is -0.490 e. The van der Waals surface area contributed by atoms with E-state index < -0.39 is 12.1 Å². The van der Waals surface area contributed by atoms with Gasteiger partial charge >= 0.3 is 5.97 Å². The fourth-order valence-electron chi connectivity index (χ4n) is 3.67. The van der Waals surface area contributed by atoms with Crippen LogP contribution in [0, 0.1) is 0 Å². The van der Waals surface area contributed by atoms with Gasteiger partial charge in [-0.1, -0.05) is 54.6 Å². The van der Waals surface area contributed by atoms with Gasteiger partial charge in [0.05, 0.1) is 0 Å². The molecule has 0 spiro atoms. The van der Waals surface area contributed by atoms with Crippen LogP contribution in [0.1, 0.15) is 22.3 Å². The van der Waals surface area contributed by atoms with Crippen LogP contribution in [0.4, 0.5) is 0 Å². The lowest BCUT2D eigenvalue weighted by Crippen LogP contribution is -2.24. The van der Waals surface area contributed by atoms with Gasteiger partial charge in [-0.25, -0.2) is 4.79 Å². The van der Waals surface area contributed by atoms with Crippen molar-refractivity contribution in [1.82, 2.24) is 0 Å². The van der Waals surface area contributed by atoms with Gasteiger partial charge in [0.2, 0.25) is 0 Å². The summed E-state index contributed by atoms with van der Waals surface area (Å²) in [5.41, 5.74) is 5.30. The summed E-state index contributed by atoms with van der Waals surface area (Å²) < 4.78 is 17.0. The first-order chi connectivity index (χ1) is 15.2. The molecule has 3 aromatic carbocycles. The fraction of sp³-hybridized carbons (Fsp3) is 0.192. The monoisotopic (exact) mass is 416 g/mol. The molecule has 0 aliphatic carbocycles. The second kappa shape index (κ2) is 9.49. The highest BCUT2D eigenvalue weighted by Crippen LogP contribution is 2.36. The molecule has 158 valence electrons. The molecule has 31 heavy (non-hydrogen) atoms. The van der Waals surface area contributed by atoms with Crippen molar-refractivity contribution in [2.75, 3.05) is 13.7 Å². The van der Waals surface area contributed by atoms with Crippen LogP contribution in [0.5, 0.6) is 11.5 Å². The van der Waals surface area contributed by atoms with Gasteiger partial charge in [-0.3, -0.25) is 0 Å². The first-order valence-corrected chi connectivity index (χ1v) is 10.1. The zero-order valence-electron chi connectivity index (χ0n) is 17.3. The number of benzene rings is 3. The molecule has 0 saturated carbocycles. The lowest BCUT2D eigenvalue weighted by molar-refractivity contribution is -0.148. The maximum absolute atomic E-state index is 11.1. The number of hydrogen-bond donors (Lipinski definition) is 1. The van der Waals surface area contributed by atoms with E-state index in [1.807, 2.05) is 54.6 Å². The van der Waals surface area contributed by atoms with Gasteiger partial charge in [0.25, 0.3) is 0 Å². The summed E-state index contributed by atoms with van der Waals surface area (Å²) in [6.45, 7) is 0.929. The first kappa shape index (κ1) is 20.7. The number of para-hydroxylation sites is 1. The summed E-state index contributed by atoms with van der Waals surface area (Å²) in [6, 6.07) is 23.7. The molecule has 3 aromatic rings. The van der Waals surface area contributed by atoms with E-state index in [9.17, 15) is 4.79 Å². The van der Waals surface area contributed by atoms with E-state index in [0.29, 0.717) is 19.6 Å². The standard InChI is InChI=1S/C26H24O5/c1-29-25(26(27)28)16-18-10-12-20(13-11-18)30-15-14-22-21-7-3-2-6-19(21)17-31-24-9-5-4-8-23(22)24/h2-14,25H,15-17H2,1H3,(H,27,28)/b22-14-. The number of fused-ring (bicyclic) bond motifs is 2. The Bertz CT molecular complexity index is 1040. The van der Waals surface area contributed by atoms with E-state index in [1.54, 1.807) is 0 Å². The van der Waals surface area contributed by atoms with Gasteiger partial charge in [-0.05, 0) is 46.5 Å². The number of rotatable bonds is 7. The third-order valence-corrected chi connectivity index (χ3v) is 5.31. The van der Waals surface area contributed by atoms with Crippen LogP contribution in [0.2, 0.25) is 0 Å². The summed E-state index contributed by atoms with van der Waals surface area (Å²) in [5.74, 6) is 0.610. The summed E-state index contributed by atoms with van der Waals surface area (Å²) >= 11 is 0. The Kier molecular flexibility index (Phi) is 6.34. The Hall–Kier alpha value is -3.57. The number of ether oxygens (including phenoxy) is 3. The number of methoxy groups -OCH3 is 1. The van der Waals surface area contributed by atoms with Crippen LogP contribution in [0.3, 0.4) is 0 Å². The number of carbonyl (C=O) groups is 1. The zero-order valence-corrected chi connectivity index (χ0v) is 17.3. The van der Waals surface area contributed by atoms with Crippen LogP contribution in [0.25, 0.3) is 5.57 Å². The molecule has 1 aliphatic heterocycles. The lowest BCUT2D eigenvalue weighted by atomic mass is 9.94. The van der Waals surface area contributed by atoms with Crippen LogP contribution >= 0.6 is 0 Å². The topological polar surface area (TPSA) is 65.0 Å². The molecule has 4 rings (SSSR count). The van der Waals surface area contributed by atoms with Crippen molar-refractivity contribution in [3.63, 3.8) is 0 Å². The Morgan fingerprint density at radius 3 is 2.48 bits per heavy atom. The summed E-state index contributed by atoms with van der Waals surface area (Å²) in [7, 11) is 1.40. The van der Waals surface area contributed by atoms with E-state index in [0.717, 1.165) is 39.3 Å². The Labute approximate surface area is 181 Å². The average Bonchev–Trinajstić information content (AvgIpc) is 2.95. The van der Waals surface area contributed by atoms with Gasteiger partial charge in [0.1, 0.15) is 24.7 Å². The molecule has 0 bridgehead atoms. The highest BCUT2D eigenvalue weighted by atomic mass is 16.5. The molecule has 1 unspecified atom stereocenters. The minimum atomic E-state index is -0.970. The maximum Gasteiger partial charge on any atom is 0.333 e. The molecule has 5 heteroatoms. The van der Waals surface area contributed by atoms with Crippen LogP contribution in [0.15, 0.2) is 78.9 Å². The molecule has 5 nitrogen and oxygen atoms in total. The van der Waals surface area contributed by atoms with Crippen molar-refractivity contribution < 1.29 is 24.1 Å². The minimum absolute atomic E-state index is 0.309. The van der Waals surface area contributed by atoms with Gasteiger partial charge in [0, 0.05) is 19.1 Å². The number of carboxylic acid groups (broad SMARTS) is 1. The SMILES string of the molecule is COC(Cc1ccc(OC/C=C2/c3ccccc3COc3ccccc32)cc1)C(=O)O. The molecule has 1 N–H and O–H groups in total. The van der Waals surface area contributed by atoms with Crippen LogP contribution in [-0.2, 0) is 22.6 Å². The molecule has 0 fully saturated rings. The van der Waals surface area contributed by atoms with Crippen molar-refractivity contribution in [3.8, 4) is 11.5 Å². The van der Waals surface area contributed by atoms with E-state index in [4.69, 9.17) is 19.3 Å². The maximum atomic E-state index is 11.1. The molecule has 0 saturated heterocycles. The number of hydrogen-bond acceptors (Lipinski definition) is 4. The summed E-state index contributed by atoms with van der Waals surface area (Å²) in [6.07, 6.45) is 1.53.